The van der Waals surface area contributed by atoms with Gasteiger partial charge in [-0.05, 0) is 34.1 Å². The Morgan fingerprint density at radius 2 is 2.15 bits per heavy atom. The molecule has 3 aromatic rings. The van der Waals surface area contributed by atoms with Crippen LogP contribution < -0.4 is 4.72 Å². The van der Waals surface area contributed by atoms with Gasteiger partial charge in [0, 0.05) is 33.7 Å². The van der Waals surface area contributed by atoms with E-state index in [4.69, 9.17) is 0 Å². The normalized spacial score (nSPS) is 12.6. The summed E-state index contributed by atoms with van der Waals surface area (Å²) in [6.45, 7) is 3.75. The van der Waals surface area contributed by atoms with Gasteiger partial charge in [-0.2, -0.15) is 0 Å². The fraction of sp³-hybridized carbons (Fsp3) is 0.222. The number of aromatic amines is 1. The smallest absolute Gasteiger partial charge is 0.201 e. The minimum Gasteiger partial charge on any atom is -0.593 e. The van der Waals surface area contributed by atoms with Gasteiger partial charge in [0.1, 0.15) is 22.9 Å². The van der Waals surface area contributed by atoms with E-state index in [-0.39, 0.29) is 17.2 Å². The Labute approximate surface area is 166 Å². The fourth-order valence-electron chi connectivity index (χ4n) is 2.61. The SMILES string of the molecule is CC(C)C[S+]([O-])Nc1ccc(F)c(C(=O)c2c[nH]c3ncc(Br)cc23)c1F. The number of hydrogen-bond acceptors (Lipinski definition) is 4. The summed E-state index contributed by atoms with van der Waals surface area (Å²) < 4.78 is 44.3. The molecule has 0 amide bonds. The van der Waals surface area contributed by atoms with Crippen LogP contribution in [-0.4, -0.2) is 26.1 Å². The Morgan fingerprint density at radius 1 is 1.41 bits per heavy atom. The van der Waals surface area contributed by atoms with Gasteiger partial charge in [-0.15, -0.1) is 0 Å². The minimum atomic E-state index is -1.55. The Morgan fingerprint density at radius 3 is 2.85 bits per heavy atom. The highest BCUT2D eigenvalue weighted by Gasteiger charge is 2.26. The van der Waals surface area contributed by atoms with Crippen LogP contribution in [0.1, 0.15) is 29.8 Å². The van der Waals surface area contributed by atoms with Gasteiger partial charge in [-0.3, -0.25) is 4.79 Å². The summed E-state index contributed by atoms with van der Waals surface area (Å²) >= 11 is 1.72. The van der Waals surface area contributed by atoms with Crippen LogP contribution in [0.25, 0.3) is 11.0 Å². The van der Waals surface area contributed by atoms with Crippen LogP contribution in [0, 0.1) is 17.6 Å². The molecule has 27 heavy (non-hydrogen) atoms. The van der Waals surface area contributed by atoms with Crippen molar-refractivity contribution in [1.82, 2.24) is 9.97 Å². The van der Waals surface area contributed by atoms with Crippen LogP contribution in [0.4, 0.5) is 14.5 Å². The van der Waals surface area contributed by atoms with Crippen LogP contribution in [-0.2, 0) is 11.4 Å². The number of rotatable bonds is 6. The number of fused-ring (bicyclic) bond motifs is 1. The van der Waals surface area contributed by atoms with E-state index in [0.717, 1.165) is 12.1 Å². The van der Waals surface area contributed by atoms with Crippen LogP contribution in [0.2, 0.25) is 0 Å². The zero-order chi connectivity index (χ0) is 19.7. The minimum absolute atomic E-state index is 0.0945. The van der Waals surface area contributed by atoms with Gasteiger partial charge in [-0.25, -0.2) is 18.5 Å². The molecule has 2 heterocycles. The summed E-state index contributed by atoms with van der Waals surface area (Å²) in [6.07, 6.45) is 2.91. The molecule has 0 aliphatic rings. The van der Waals surface area contributed by atoms with E-state index < -0.39 is 34.3 Å². The second-order valence-electron chi connectivity index (χ2n) is 6.37. The average Bonchev–Trinajstić information content (AvgIpc) is 2.99. The molecule has 0 aliphatic heterocycles. The summed E-state index contributed by atoms with van der Waals surface area (Å²) in [7, 11) is 0. The van der Waals surface area contributed by atoms with E-state index >= 15 is 0 Å². The molecule has 1 aromatic carbocycles. The van der Waals surface area contributed by atoms with Gasteiger partial charge < -0.3 is 9.54 Å². The number of ketones is 1. The van der Waals surface area contributed by atoms with Gasteiger partial charge in [0.2, 0.25) is 5.78 Å². The molecule has 2 N–H and O–H groups in total. The Balaban J connectivity index is 2.01. The van der Waals surface area contributed by atoms with Crippen LogP contribution in [0.15, 0.2) is 35.1 Å². The predicted molar refractivity (Wildman–Crippen MR) is 105 cm³/mol. The number of anilines is 1. The Kier molecular flexibility index (Phi) is 5.83. The average molecular weight is 456 g/mol. The van der Waals surface area contributed by atoms with Gasteiger partial charge in [0.05, 0.1) is 16.9 Å². The molecular formula is C18H16BrF2N3O2S. The molecule has 142 valence electrons. The molecule has 2 aromatic heterocycles. The number of hydrogen-bond donors (Lipinski definition) is 2. The molecule has 9 heteroatoms. The topological polar surface area (TPSA) is 80.8 Å². The first-order valence-electron chi connectivity index (χ1n) is 8.08. The van der Waals surface area contributed by atoms with Crippen molar-refractivity contribution in [3.8, 4) is 0 Å². The molecule has 0 radical (unpaired) electrons. The molecule has 0 saturated carbocycles. The number of benzene rings is 1. The van der Waals surface area contributed by atoms with E-state index in [9.17, 15) is 18.1 Å². The van der Waals surface area contributed by atoms with Crippen LogP contribution >= 0.6 is 15.9 Å². The van der Waals surface area contributed by atoms with Crippen molar-refractivity contribution in [2.45, 2.75) is 13.8 Å². The first kappa shape index (κ1) is 19.8. The monoisotopic (exact) mass is 455 g/mol. The van der Waals surface area contributed by atoms with Crippen molar-refractivity contribution < 1.29 is 18.1 Å². The molecule has 3 rings (SSSR count). The molecule has 1 atom stereocenters. The second-order valence-corrected chi connectivity index (χ2v) is 8.52. The molecule has 1 unspecified atom stereocenters. The summed E-state index contributed by atoms with van der Waals surface area (Å²) in [5.74, 6) is -2.47. The summed E-state index contributed by atoms with van der Waals surface area (Å²) in [6, 6.07) is 3.75. The highest BCUT2D eigenvalue weighted by molar-refractivity contribution is 9.10. The molecule has 0 saturated heterocycles. The van der Waals surface area contributed by atoms with Crippen molar-refractivity contribution in [2.24, 2.45) is 5.92 Å². The summed E-state index contributed by atoms with van der Waals surface area (Å²) in [5.41, 5.74) is -0.368. The first-order valence-corrected chi connectivity index (χ1v) is 10.2. The number of nitrogens with zero attached hydrogens (tertiary/aromatic N) is 1. The van der Waals surface area contributed by atoms with Crippen molar-refractivity contribution in [3.63, 3.8) is 0 Å². The van der Waals surface area contributed by atoms with Crippen LogP contribution in [0.3, 0.4) is 0 Å². The van der Waals surface area contributed by atoms with Crippen LogP contribution in [0.5, 0.6) is 0 Å². The predicted octanol–water partition coefficient (Wildman–Crippen LogP) is 4.57. The molecule has 0 bridgehead atoms. The maximum atomic E-state index is 14.9. The third-order valence-corrected chi connectivity index (χ3v) is 5.62. The number of H-pyrrole nitrogens is 1. The first-order chi connectivity index (χ1) is 12.8. The third-order valence-electron chi connectivity index (χ3n) is 3.77. The number of carbonyl (C=O) groups excluding carboxylic acids is 1. The van der Waals surface area contributed by atoms with E-state index in [1.807, 2.05) is 13.8 Å². The van der Waals surface area contributed by atoms with Crippen molar-refractivity contribution in [2.75, 3.05) is 10.5 Å². The lowest BCUT2D eigenvalue weighted by molar-refractivity contribution is 0.103. The number of halogens is 3. The maximum Gasteiger partial charge on any atom is 0.201 e. The highest BCUT2D eigenvalue weighted by atomic mass is 79.9. The van der Waals surface area contributed by atoms with E-state index in [1.54, 1.807) is 12.3 Å². The van der Waals surface area contributed by atoms with Crippen molar-refractivity contribution in [1.29, 1.82) is 0 Å². The molecular weight excluding hydrogens is 440 g/mol. The summed E-state index contributed by atoms with van der Waals surface area (Å²) in [4.78, 5) is 19.8. The number of pyridine rings is 1. The largest absolute Gasteiger partial charge is 0.593 e. The molecule has 0 spiro atoms. The van der Waals surface area contributed by atoms with Crippen molar-refractivity contribution >= 4 is 49.8 Å². The number of nitrogens with one attached hydrogen (secondary N) is 2. The van der Waals surface area contributed by atoms with Gasteiger partial charge in [0.15, 0.2) is 5.82 Å². The lowest BCUT2D eigenvalue weighted by Crippen LogP contribution is -2.21. The van der Waals surface area contributed by atoms with E-state index in [0.29, 0.717) is 21.3 Å². The van der Waals surface area contributed by atoms with E-state index in [2.05, 4.69) is 30.6 Å². The zero-order valence-corrected chi connectivity index (χ0v) is 16.9. The Hall–Kier alpha value is -1.97. The number of carbonyl (C=O) groups is 1. The zero-order valence-electron chi connectivity index (χ0n) is 14.5. The molecule has 0 fully saturated rings. The number of aromatic nitrogens is 2. The Bertz CT molecular complexity index is 1010. The molecule has 0 aliphatic carbocycles. The molecule has 5 nitrogen and oxygen atoms in total. The maximum absolute atomic E-state index is 14.9. The third kappa shape index (κ3) is 4.15. The summed E-state index contributed by atoms with van der Waals surface area (Å²) in [5, 5.41) is 0.440. The van der Waals surface area contributed by atoms with Gasteiger partial charge >= 0.3 is 0 Å². The standard InChI is InChI=1S/C18H16BrF2N3O2S/c1-9(2)8-27(26)24-14-4-3-13(20)15(16(14)21)17(25)12-7-23-18-11(12)5-10(19)6-22-18/h3-7,9,24H,8H2,1-2H3,(H,22,23). The second kappa shape index (κ2) is 7.95. The lowest BCUT2D eigenvalue weighted by atomic mass is 10.0. The quantitative estimate of drug-likeness (QED) is 0.421. The van der Waals surface area contributed by atoms with Gasteiger partial charge in [-0.1, -0.05) is 13.8 Å². The highest BCUT2D eigenvalue weighted by Crippen LogP contribution is 2.28. The van der Waals surface area contributed by atoms with Gasteiger partial charge in [0.25, 0.3) is 0 Å². The fourth-order valence-corrected chi connectivity index (χ4v) is 4.03. The van der Waals surface area contributed by atoms with Crippen molar-refractivity contribution in [3.05, 3.63) is 57.8 Å². The van der Waals surface area contributed by atoms with E-state index in [1.165, 1.54) is 6.20 Å². The lowest BCUT2D eigenvalue weighted by Gasteiger charge is -2.15.